The summed E-state index contributed by atoms with van der Waals surface area (Å²) in [5.41, 5.74) is 5.70. The third-order valence-corrected chi connectivity index (χ3v) is 3.03. The van der Waals surface area contributed by atoms with Crippen molar-refractivity contribution >= 4 is 0 Å². The van der Waals surface area contributed by atoms with Gasteiger partial charge in [-0.15, -0.1) is 0 Å². The molecule has 1 aromatic rings. The minimum absolute atomic E-state index is 0.199. The SMILES string of the molecule is CC(C)C(CN)c1nc(CC2CC2)no1. The number of hydrogen-bond acceptors (Lipinski definition) is 4. The molecule has 4 nitrogen and oxygen atoms in total. The molecule has 0 bridgehead atoms. The topological polar surface area (TPSA) is 64.9 Å². The van der Waals surface area contributed by atoms with E-state index in [9.17, 15) is 0 Å². The van der Waals surface area contributed by atoms with Gasteiger partial charge in [-0.25, -0.2) is 0 Å². The fourth-order valence-corrected chi connectivity index (χ4v) is 1.74. The van der Waals surface area contributed by atoms with Gasteiger partial charge in [-0.2, -0.15) is 4.98 Å². The third kappa shape index (κ3) is 2.56. The maximum atomic E-state index is 5.70. The van der Waals surface area contributed by atoms with Crippen LogP contribution in [0.2, 0.25) is 0 Å². The molecular formula is C11H19N3O. The highest BCUT2D eigenvalue weighted by Crippen LogP contribution is 2.32. The molecule has 0 radical (unpaired) electrons. The lowest BCUT2D eigenvalue weighted by atomic mass is 9.96. The van der Waals surface area contributed by atoms with Crippen molar-refractivity contribution in [2.75, 3.05) is 6.54 Å². The van der Waals surface area contributed by atoms with E-state index in [-0.39, 0.29) is 5.92 Å². The van der Waals surface area contributed by atoms with Gasteiger partial charge in [0.2, 0.25) is 5.89 Å². The Hall–Kier alpha value is -0.900. The van der Waals surface area contributed by atoms with Gasteiger partial charge in [-0.05, 0) is 24.7 Å². The first-order chi connectivity index (χ1) is 7.20. The zero-order valence-electron chi connectivity index (χ0n) is 9.44. The number of hydrogen-bond donors (Lipinski definition) is 1. The average molecular weight is 209 g/mol. The Balaban J connectivity index is 2.03. The highest BCUT2D eigenvalue weighted by molar-refractivity contribution is 4.98. The van der Waals surface area contributed by atoms with E-state index in [1.54, 1.807) is 0 Å². The lowest BCUT2D eigenvalue weighted by Gasteiger charge is -2.13. The van der Waals surface area contributed by atoms with Crippen molar-refractivity contribution in [3.63, 3.8) is 0 Å². The number of nitrogens with two attached hydrogens (primary N) is 1. The summed E-state index contributed by atoms with van der Waals surface area (Å²) in [6.45, 7) is 4.83. The summed E-state index contributed by atoms with van der Waals surface area (Å²) in [6, 6.07) is 0. The molecule has 1 fully saturated rings. The molecule has 84 valence electrons. The molecule has 1 unspecified atom stereocenters. The zero-order valence-corrected chi connectivity index (χ0v) is 9.44. The van der Waals surface area contributed by atoms with Crippen LogP contribution in [0.1, 0.15) is 44.3 Å². The Morgan fingerprint density at radius 3 is 2.73 bits per heavy atom. The van der Waals surface area contributed by atoms with Crippen LogP contribution in [0, 0.1) is 11.8 Å². The molecule has 4 heteroatoms. The van der Waals surface area contributed by atoms with Crippen molar-refractivity contribution in [1.29, 1.82) is 0 Å². The van der Waals surface area contributed by atoms with Crippen molar-refractivity contribution < 1.29 is 4.52 Å². The summed E-state index contributed by atoms with van der Waals surface area (Å²) in [5.74, 6) is 3.01. The molecule has 2 rings (SSSR count). The molecule has 0 aromatic carbocycles. The minimum atomic E-state index is 0.199. The molecule has 1 aliphatic carbocycles. The van der Waals surface area contributed by atoms with Gasteiger partial charge in [0.05, 0.1) is 5.92 Å². The van der Waals surface area contributed by atoms with E-state index < -0.39 is 0 Å². The quantitative estimate of drug-likeness (QED) is 0.802. The third-order valence-electron chi connectivity index (χ3n) is 3.03. The summed E-state index contributed by atoms with van der Waals surface area (Å²) in [4.78, 5) is 4.43. The molecule has 1 atom stereocenters. The lowest BCUT2D eigenvalue weighted by Crippen LogP contribution is -2.18. The molecule has 1 saturated carbocycles. The van der Waals surface area contributed by atoms with Crippen LogP contribution in [0.3, 0.4) is 0 Å². The van der Waals surface area contributed by atoms with E-state index in [2.05, 4.69) is 24.0 Å². The molecule has 0 spiro atoms. The fraction of sp³-hybridized carbons (Fsp3) is 0.818. The first-order valence-electron chi connectivity index (χ1n) is 5.73. The normalized spacial score (nSPS) is 18.4. The Bertz CT molecular complexity index is 317. The van der Waals surface area contributed by atoms with Crippen LogP contribution in [0.5, 0.6) is 0 Å². The maximum Gasteiger partial charge on any atom is 0.231 e. The second kappa shape index (κ2) is 4.31. The van der Waals surface area contributed by atoms with Crippen LogP contribution in [0.15, 0.2) is 4.52 Å². The van der Waals surface area contributed by atoms with Crippen LogP contribution >= 0.6 is 0 Å². The van der Waals surface area contributed by atoms with Crippen LogP contribution in [-0.2, 0) is 6.42 Å². The van der Waals surface area contributed by atoms with Gasteiger partial charge in [0.15, 0.2) is 5.82 Å². The Morgan fingerprint density at radius 2 is 2.20 bits per heavy atom. The van der Waals surface area contributed by atoms with Gasteiger partial charge in [-0.3, -0.25) is 0 Å². The average Bonchev–Trinajstić information content (AvgIpc) is 2.86. The molecule has 2 N–H and O–H groups in total. The van der Waals surface area contributed by atoms with Gasteiger partial charge in [0.25, 0.3) is 0 Å². The summed E-state index contributed by atoms with van der Waals surface area (Å²) in [7, 11) is 0. The van der Waals surface area contributed by atoms with Gasteiger partial charge in [-0.1, -0.05) is 19.0 Å². The molecule has 0 aliphatic heterocycles. The summed E-state index contributed by atoms with van der Waals surface area (Å²) in [5, 5.41) is 4.01. The van der Waals surface area contributed by atoms with Crippen molar-refractivity contribution in [2.45, 2.75) is 39.0 Å². The Labute approximate surface area is 90.2 Å². The maximum absolute atomic E-state index is 5.70. The monoisotopic (exact) mass is 209 g/mol. The standard InChI is InChI=1S/C11H19N3O/c1-7(2)9(6-12)11-13-10(14-15-11)5-8-3-4-8/h7-9H,3-6,12H2,1-2H3. The lowest BCUT2D eigenvalue weighted by molar-refractivity contribution is 0.321. The molecule has 1 aliphatic rings. The van der Waals surface area contributed by atoms with Crippen LogP contribution in [0.4, 0.5) is 0 Å². The molecule has 0 amide bonds. The summed E-state index contributed by atoms with van der Waals surface area (Å²) >= 11 is 0. The van der Waals surface area contributed by atoms with E-state index in [0.29, 0.717) is 18.4 Å². The molecule has 15 heavy (non-hydrogen) atoms. The van der Waals surface area contributed by atoms with Crippen molar-refractivity contribution in [1.82, 2.24) is 10.1 Å². The molecule has 0 saturated heterocycles. The predicted molar refractivity (Wildman–Crippen MR) is 57.4 cm³/mol. The fourth-order valence-electron chi connectivity index (χ4n) is 1.74. The second-order valence-electron chi connectivity index (χ2n) is 4.78. The van der Waals surface area contributed by atoms with E-state index >= 15 is 0 Å². The first-order valence-corrected chi connectivity index (χ1v) is 5.73. The Kier molecular flexibility index (Phi) is 3.05. The van der Waals surface area contributed by atoms with Gasteiger partial charge >= 0.3 is 0 Å². The largest absolute Gasteiger partial charge is 0.339 e. The van der Waals surface area contributed by atoms with Crippen molar-refractivity contribution in [3.8, 4) is 0 Å². The van der Waals surface area contributed by atoms with Gasteiger partial charge in [0.1, 0.15) is 0 Å². The molecular weight excluding hydrogens is 190 g/mol. The van der Waals surface area contributed by atoms with E-state index in [0.717, 1.165) is 18.2 Å². The highest BCUT2D eigenvalue weighted by Gasteiger charge is 2.26. The van der Waals surface area contributed by atoms with Crippen LogP contribution < -0.4 is 5.73 Å². The van der Waals surface area contributed by atoms with Crippen molar-refractivity contribution in [2.24, 2.45) is 17.6 Å². The number of nitrogens with zero attached hydrogens (tertiary/aromatic N) is 2. The molecule has 1 heterocycles. The molecule has 1 aromatic heterocycles. The van der Waals surface area contributed by atoms with Crippen LogP contribution in [-0.4, -0.2) is 16.7 Å². The van der Waals surface area contributed by atoms with Gasteiger partial charge < -0.3 is 10.3 Å². The van der Waals surface area contributed by atoms with Crippen LogP contribution in [0.25, 0.3) is 0 Å². The van der Waals surface area contributed by atoms with E-state index in [1.807, 2.05) is 0 Å². The smallest absolute Gasteiger partial charge is 0.231 e. The number of rotatable bonds is 5. The van der Waals surface area contributed by atoms with Crippen molar-refractivity contribution in [3.05, 3.63) is 11.7 Å². The first kappa shape index (κ1) is 10.6. The minimum Gasteiger partial charge on any atom is -0.339 e. The Morgan fingerprint density at radius 1 is 1.47 bits per heavy atom. The second-order valence-corrected chi connectivity index (χ2v) is 4.78. The number of aromatic nitrogens is 2. The van der Waals surface area contributed by atoms with Gasteiger partial charge in [0, 0.05) is 13.0 Å². The van der Waals surface area contributed by atoms with E-state index in [4.69, 9.17) is 10.3 Å². The van der Waals surface area contributed by atoms with E-state index in [1.165, 1.54) is 12.8 Å². The summed E-state index contributed by atoms with van der Waals surface area (Å²) < 4.78 is 5.27. The predicted octanol–water partition coefficient (Wildman–Crippen LogP) is 1.72. The summed E-state index contributed by atoms with van der Waals surface area (Å²) in [6.07, 6.45) is 3.60. The zero-order chi connectivity index (χ0) is 10.8. The highest BCUT2D eigenvalue weighted by atomic mass is 16.5.